The summed E-state index contributed by atoms with van der Waals surface area (Å²) in [5.74, 6) is 1.77. The van der Waals surface area contributed by atoms with Crippen LogP contribution in [0.2, 0.25) is 5.02 Å². The molecule has 0 unspecified atom stereocenters. The second-order valence-electron chi connectivity index (χ2n) is 7.65. The molecule has 0 bridgehead atoms. The fourth-order valence-corrected chi connectivity index (χ4v) is 4.42. The van der Waals surface area contributed by atoms with Crippen LogP contribution in [0, 0.1) is 4.77 Å². The van der Waals surface area contributed by atoms with E-state index in [4.69, 9.17) is 33.7 Å². The highest BCUT2D eigenvalue weighted by molar-refractivity contribution is 7.71. The maximum Gasteiger partial charge on any atom is 0.199 e. The third-order valence-electron chi connectivity index (χ3n) is 5.70. The van der Waals surface area contributed by atoms with Crippen molar-refractivity contribution in [3.63, 3.8) is 0 Å². The van der Waals surface area contributed by atoms with Gasteiger partial charge in [0.2, 0.25) is 0 Å². The van der Waals surface area contributed by atoms with Crippen LogP contribution in [0.1, 0.15) is 13.3 Å². The molecule has 0 aliphatic carbocycles. The lowest BCUT2D eigenvalue weighted by molar-refractivity contribution is 0.219. The lowest BCUT2D eigenvalue weighted by Gasteiger charge is -2.23. The molecule has 1 fully saturated rings. The van der Waals surface area contributed by atoms with Gasteiger partial charge >= 0.3 is 0 Å². The normalized spacial score (nSPS) is 15.1. The molecule has 31 heavy (non-hydrogen) atoms. The van der Waals surface area contributed by atoms with Gasteiger partial charge in [0, 0.05) is 49.0 Å². The molecule has 0 atom stereocenters. The van der Waals surface area contributed by atoms with Gasteiger partial charge in [0.25, 0.3) is 0 Å². The van der Waals surface area contributed by atoms with Crippen molar-refractivity contribution in [2.24, 2.45) is 0 Å². The first kappa shape index (κ1) is 21.9. The maximum atomic E-state index is 6.05. The van der Waals surface area contributed by atoms with Gasteiger partial charge in [-0.05, 0) is 74.1 Å². The largest absolute Gasteiger partial charge is 0.497 e. The number of methoxy groups -OCH3 is 1. The highest BCUT2D eigenvalue weighted by Gasteiger charge is 2.18. The molecule has 164 valence electrons. The second-order valence-corrected chi connectivity index (χ2v) is 8.46. The fraction of sp³-hybridized carbons (Fsp3) is 0.391. The van der Waals surface area contributed by atoms with Crippen LogP contribution in [0.15, 0.2) is 48.5 Å². The number of aromatic nitrogens is 3. The number of halogens is 1. The Balaban J connectivity index is 1.48. The van der Waals surface area contributed by atoms with Crippen LogP contribution in [-0.2, 0) is 13.2 Å². The molecule has 0 spiro atoms. The van der Waals surface area contributed by atoms with Crippen LogP contribution in [-0.4, -0.2) is 52.5 Å². The summed E-state index contributed by atoms with van der Waals surface area (Å²) in [5, 5.41) is 5.58. The smallest absolute Gasteiger partial charge is 0.199 e. The van der Waals surface area contributed by atoms with Crippen molar-refractivity contribution in [2.75, 3.05) is 38.2 Å². The van der Waals surface area contributed by atoms with Gasteiger partial charge in [-0.1, -0.05) is 11.6 Å². The van der Waals surface area contributed by atoms with Gasteiger partial charge < -0.3 is 14.2 Å². The summed E-state index contributed by atoms with van der Waals surface area (Å²) in [7, 11) is 1.70. The van der Waals surface area contributed by atoms with Gasteiger partial charge in [0.05, 0.1) is 13.8 Å². The molecule has 4 rings (SSSR count). The average Bonchev–Trinajstić information content (AvgIpc) is 2.95. The summed E-state index contributed by atoms with van der Waals surface area (Å²) < 4.78 is 10.1. The third kappa shape index (κ3) is 4.95. The lowest BCUT2D eigenvalue weighted by Crippen LogP contribution is -2.32. The van der Waals surface area contributed by atoms with Crippen molar-refractivity contribution in [1.29, 1.82) is 0 Å². The molecular formula is C23H28ClN5OS. The van der Waals surface area contributed by atoms with Crippen molar-refractivity contribution < 1.29 is 4.74 Å². The van der Waals surface area contributed by atoms with Crippen molar-refractivity contribution in [1.82, 2.24) is 19.2 Å². The molecule has 0 amide bonds. The van der Waals surface area contributed by atoms with Crippen LogP contribution < -0.4 is 9.64 Å². The average molecular weight is 458 g/mol. The van der Waals surface area contributed by atoms with Crippen molar-refractivity contribution >= 4 is 29.5 Å². The summed E-state index contributed by atoms with van der Waals surface area (Å²) in [6.45, 7) is 7.56. The second kappa shape index (κ2) is 9.85. The summed E-state index contributed by atoms with van der Waals surface area (Å²) in [4.78, 5) is 4.86. The van der Waals surface area contributed by atoms with Gasteiger partial charge in [-0.15, -0.1) is 0 Å². The number of anilines is 1. The van der Waals surface area contributed by atoms with Crippen molar-refractivity contribution in [3.8, 4) is 17.1 Å². The predicted octanol–water partition coefficient (Wildman–Crippen LogP) is 4.93. The molecule has 2 aromatic carbocycles. The molecule has 6 nitrogen and oxygen atoms in total. The van der Waals surface area contributed by atoms with Gasteiger partial charge in [0.15, 0.2) is 10.6 Å². The summed E-state index contributed by atoms with van der Waals surface area (Å²) >= 11 is 11.8. The quantitative estimate of drug-likeness (QED) is 0.490. The van der Waals surface area contributed by atoms with E-state index in [0.717, 1.165) is 66.1 Å². The van der Waals surface area contributed by atoms with Gasteiger partial charge in [-0.2, -0.15) is 5.10 Å². The van der Waals surface area contributed by atoms with Crippen LogP contribution in [0.25, 0.3) is 11.4 Å². The monoisotopic (exact) mass is 457 g/mol. The van der Waals surface area contributed by atoms with Crippen molar-refractivity contribution in [2.45, 2.75) is 26.6 Å². The molecule has 1 aliphatic heterocycles. The molecule has 1 saturated heterocycles. The zero-order valence-electron chi connectivity index (χ0n) is 18.0. The number of rotatable bonds is 6. The highest BCUT2D eigenvalue weighted by atomic mass is 35.5. The minimum absolute atomic E-state index is 0.697. The number of benzene rings is 2. The Bertz CT molecular complexity index is 1060. The minimum Gasteiger partial charge on any atom is -0.497 e. The molecule has 1 aliphatic rings. The Morgan fingerprint density at radius 2 is 1.74 bits per heavy atom. The number of nitrogens with zero attached hydrogens (tertiary/aromatic N) is 5. The van der Waals surface area contributed by atoms with Gasteiger partial charge in [0.1, 0.15) is 5.75 Å². The molecule has 0 saturated carbocycles. The van der Waals surface area contributed by atoms with Crippen molar-refractivity contribution in [3.05, 3.63) is 58.3 Å². The van der Waals surface area contributed by atoms with E-state index in [1.54, 1.807) is 7.11 Å². The van der Waals surface area contributed by atoms with Crippen LogP contribution in [0.5, 0.6) is 5.75 Å². The van der Waals surface area contributed by atoms with Gasteiger partial charge in [-0.25, -0.2) is 4.68 Å². The number of hydrogen-bond acceptors (Lipinski definition) is 5. The van der Waals surface area contributed by atoms with E-state index in [1.165, 1.54) is 5.69 Å². The SMILES string of the molecule is CCn1c(-c2ccc(Cl)cc2)nn(CN2CCCN(c3ccc(OC)cc3)CC2)c1=S. The fourth-order valence-electron chi connectivity index (χ4n) is 3.98. The zero-order chi connectivity index (χ0) is 21.8. The van der Waals surface area contributed by atoms with E-state index >= 15 is 0 Å². The first-order valence-corrected chi connectivity index (χ1v) is 11.4. The molecule has 3 aromatic rings. The summed E-state index contributed by atoms with van der Waals surface area (Å²) in [5.41, 5.74) is 2.26. The van der Waals surface area contributed by atoms with E-state index in [-0.39, 0.29) is 0 Å². The van der Waals surface area contributed by atoms with E-state index in [0.29, 0.717) is 6.67 Å². The number of hydrogen-bond donors (Lipinski definition) is 0. The molecule has 0 N–H and O–H groups in total. The maximum absolute atomic E-state index is 6.05. The Morgan fingerprint density at radius 1 is 1.00 bits per heavy atom. The van der Waals surface area contributed by atoms with E-state index in [9.17, 15) is 0 Å². The standard InChI is InChI=1S/C23H28ClN5OS/c1-3-28-22(18-5-7-19(24)8-6-18)25-29(23(28)31)17-26-13-4-14-27(16-15-26)20-9-11-21(30-2)12-10-20/h5-12H,3-4,13-17H2,1-2H3. The molecule has 8 heteroatoms. The third-order valence-corrected chi connectivity index (χ3v) is 6.38. The molecular weight excluding hydrogens is 430 g/mol. The molecule has 2 heterocycles. The van der Waals surface area contributed by atoms with Crippen LogP contribution >= 0.6 is 23.8 Å². The topological polar surface area (TPSA) is 38.5 Å². The lowest BCUT2D eigenvalue weighted by atomic mass is 10.2. The summed E-state index contributed by atoms with van der Waals surface area (Å²) in [6.07, 6.45) is 1.10. The van der Waals surface area contributed by atoms with Crippen LogP contribution in [0.4, 0.5) is 5.69 Å². The van der Waals surface area contributed by atoms with E-state index in [1.807, 2.05) is 41.1 Å². The predicted molar refractivity (Wildman–Crippen MR) is 129 cm³/mol. The first-order valence-electron chi connectivity index (χ1n) is 10.6. The Kier molecular flexibility index (Phi) is 6.95. The molecule has 1 aromatic heterocycles. The molecule has 0 radical (unpaired) electrons. The Hall–Kier alpha value is -2.35. The Morgan fingerprint density at radius 3 is 2.42 bits per heavy atom. The highest BCUT2D eigenvalue weighted by Crippen LogP contribution is 2.23. The first-order chi connectivity index (χ1) is 15.1. The van der Waals surface area contributed by atoms with E-state index in [2.05, 4.69) is 33.4 Å². The van der Waals surface area contributed by atoms with Gasteiger partial charge in [-0.3, -0.25) is 4.90 Å². The van der Waals surface area contributed by atoms with Crippen LogP contribution in [0.3, 0.4) is 0 Å². The zero-order valence-corrected chi connectivity index (χ0v) is 19.6. The van der Waals surface area contributed by atoms with E-state index < -0.39 is 0 Å². The summed E-state index contributed by atoms with van der Waals surface area (Å²) in [6, 6.07) is 16.1. The Labute approximate surface area is 193 Å². The number of ether oxygens (including phenoxy) is 1. The minimum atomic E-state index is 0.697.